The van der Waals surface area contributed by atoms with E-state index in [4.69, 9.17) is 0 Å². The van der Waals surface area contributed by atoms with E-state index >= 15 is 0 Å². The molecule has 1 heterocycles. The second-order valence-corrected chi connectivity index (χ2v) is 7.61. The lowest BCUT2D eigenvalue weighted by molar-refractivity contribution is 0.0996. The maximum Gasteiger partial charge on any atom is 0.279 e. The highest BCUT2D eigenvalue weighted by Gasteiger charge is 2.20. The van der Waals surface area contributed by atoms with Crippen LogP contribution in [0.15, 0.2) is 35.3 Å². The standard InChI is InChI=1S/C21H31N3O/c1-7-9-13-24-19(15-18(23(24)6)21(3,4)5)22-20(25)17-12-10-11-16(8-2)14-17/h10-12,14-15H,7-9,13H2,1-6H3. The van der Waals surface area contributed by atoms with E-state index in [1.54, 1.807) is 0 Å². The smallest absolute Gasteiger partial charge is 0.279 e. The number of carbonyl (C=O) groups excluding carboxylic acids is 1. The van der Waals surface area contributed by atoms with Crippen molar-refractivity contribution in [3.8, 4) is 0 Å². The van der Waals surface area contributed by atoms with Gasteiger partial charge in [-0.2, -0.15) is 4.99 Å². The zero-order valence-electron chi connectivity index (χ0n) is 16.5. The van der Waals surface area contributed by atoms with E-state index in [1.807, 2.05) is 24.3 Å². The van der Waals surface area contributed by atoms with Gasteiger partial charge < -0.3 is 0 Å². The van der Waals surface area contributed by atoms with Gasteiger partial charge in [0, 0.05) is 36.3 Å². The first-order valence-electron chi connectivity index (χ1n) is 9.23. The lowest BCUT2D eigenvalue weighted by atomic mass is 9.92. The summed E-state index contributed by atoms with van der Waals surface area (Å²) in [5.41, 5.74) is 3.73. The zero-order chi connectivity index (χ0) is 18.6. The molecule has 0 unspecified atom stereocenters. The molecule has 0 saturated heterocycles. The Kier molecular flexibility index (Phi) is 6.04. The van der Waals surface area contributed by atoms with Crippen LogP contribution in [-0.4, -0.2) is 15.3 Å². The number of rotatable bonds is 5. The number of aromatic nitrogens is 2. The molecule has 0 spiro atoms. The molecule has 0 fully saturated rings. The maximum atomic E-state index is 12.7. The number of benzene rings is 1. The Morgan fingerprint density at radius 3 is 2.48 bits per heavy atom. The zero-order valence-corrected chi connectivity index (χ0v) is 16.5. The predicted molar refractivity (Wildman–Crippen MR) is 103 cm³/mol. The molecule has 0 aliphatic heterocycles. The Hall–Kier alpha value is -2.10. The summed E-state index contributed by atoms with van der Waals surface area (Å²) in [5.74, 6) is -0.174. The van der Waals surface area contributed by atoms with Gasteiger partial charge >= 0.3 is 0 Å². The number of hydrogen-bond acceptors (Lipinski definition) is 1. The van der Waals surface area contributed by atoms with Crippen molar-refractivity contribution in [1.82, 2.24) is 9.36 Å². The lowest BCUT2D eigenvalue weighted by Crippen LogP contribution is -2.25. The van der Waals surface area contributed by atoms with Crippen molar-refractivity contribution in [3.63, 3.8) is 0 Å². The Bertz CT molecular complexity index is 803. The fraction of sp³-hybridized carbons (Fsp3) is 0.524. The first kappa shape index (κ1) is 19.2. The van der Waals surface area contributed by atoms with Crippen LogP contribution in [0.1, 0.15) is 69.1 Å². The monoisotopic (exact) mass is 341 g/mol. The summed E-state index contributed by atoms with van der Waals surface area (Å²) in [6.45, 7) is 11.7. The number of amides is 1. The van der Waals surface area contributed by atoms with Crippen molar-refractivity contribution < 1.29 is 4.79 Å². The minimum absolute atomic E-state index is 0.00165. The van der Waals surface area contributed by atoms with Gasteiger partial charge in [-0.3, -0.25) is 14.2 Å². The van der Waals surface area contributed by atoms with E-state index in [9.17, 15) is 4.79 Å². The highest BCUT2D eigenvalue weighted by Crippen LogP contribution is 2.20. The first-order chi connectivity index (χ1) is 11.8. The molecule has 2 rings (SSSR count). The third kappa shape index (κ3) is 4.50. The number of nitrogens with zero attached hydrogens (tertiary/aromatic N) is 3. The predicted octanol–water partition coefficient (Wildman–Crippen LogP) is 4.23. The van der Waals surface area contributed by atoms with Crippen LogP contribution in [0.2, 0.25) is 0 Å². The van der Waals surface area contributed by atoms with Crippen LogP contribution in [-0.2, 0) is 25.4 Å². The summed E-state index contributed by atoms with van der Waals surface area (Å²) in [6, 6.07) is 9.80. The SMILES string of the molecule is CCCCn1c(=NC(=O)c2cccc(CC)c2)cc(C(C)(C)C)n1C. The van der Waals surface area contributed by atoms with Crippen molar-refractivity contribution >= 4 is 5.91 Å². The van der Waals surface area contributed by atoms with Gasteiger partial charge in [-0.1, -0.05) is 53.2 Å². The van der Waals surface area contributed by atoms with Crippen LogP contribution >= 0.6 is 0 Å². The van der Waals surface area contributed by atoms with Crippen molar-refractivity contribution in [3.05, 3.63) is 52.6 Å². The number of carbonyl (C=O) groups is 1. The van der Waals surface area contributed by atoms with E-state index < -0.39 is 0 Å². The molecule has 1 aromatic heterocycles. The van der Waals surface area contributed by atoms with Gasteiger partial charge in [-0.25, -0.2) is 0 Å². The first-order valence-corrected chi connectivity index (χ1v) is 9.23. The van der Waals surface area contributed by atoms with Gasteiger partial charge in [0.15, 0.2) is 5.49 Å². The fourth-order valence-corrected chi connectivity index (χ4v) is 3.03. The summed E-state index contributed by atoms with van der Waals surface area (Å²) in [4.78, 5) is 17.1. The molecule has 0 bridgehead atoms. The van der Waals surface area contributed by atoms with Gasteiger partial charge in [0.2, 0.25) is 0 Å². The van der Waals surface area contributed by atoms with Gasteiger partial charge in [-0.05, 0) is 30.5 Å². The van der Waals surface area contributed by atoms with Gasteiger partial charge in [0.25, 0.3) is 5.91 Å². The van der Waals surface area contributed by atoms with Crippen LogP contribution in [0.5, 0.6) is 0 Å². The highest BCUT2D eigenvalue weighted by atomic mass is 16.1. The molecule has 136 valence electrons. The van der Waals surface area contributed by atoms with Crippen molar-refractivity contribution in [1.29, 1.82) is 0 Å². The summed E-state index contributed by atoms with van der Waals surface area (Å²) in [5, 5.41) is 0. The fourth-order valence-electron chi connectivity index (χ4n) is 3.03. The van der Waals surface area contributed by atoms with Crippen LogP contribution in [0.3, 0.4) is 0 Å². The second-order valence-electron chi connectivity index (χ2n) is 7.61. The molecule has 0 atom stereocenters. The third-order valence-electron chi connectivity index (χ3n) is 4.53. The van der Waals surface area contributed by atoms with Gasteiger partial charge in [0.05, 0.1) is 0 Å². The van der Waals surface area contributed by atoms with Crippen molar-refractivity contribution in [2.24, 2.45) is 12.0 Å². The maximum absolute atomic E-state index is 12.7. The quantitative estimate of drug-likeness (QED) is 0.802. The van der Waals surface area contributed by atoms with E-state index in [-0.39, 0.29) is 11.3 Å². The average Bonchev–Trinajstić information content (AvgIpc) is 2.89. The second kappa shape index (κ2) is 7.85. The Morgan fingerprint density at radius 2 is 1.88 bits per heavy atom. The molecule has 0 aliphatic carbocycles. The average molecular weight is 341 g/mol. The Labute approximate surface area is 151 Å². The minimum atomic E-state index is -0.174. The molecule has 1 amide bonds. The van der Waals surface area contributed by atoms with Crippen LogP contribution in [0.25, 0.3) is 0 Å². The minimum Gasteiger partial charge on any atom is -0.291 e. The molecule has 0 saturated carbocycles. The van der Waals surface area contributed by atoms with Crippen molar-refractivity contribution in [2.45, 2.75) is 65.8 Å². The number of unbranched alkanes of at least 4 members (excludes halogenated alkanes) is 1. The van der Waals surface area contributed by atoms with Crippen molar-refractivity contribution in [2.75, 3.05) is 0 Å². The summed E-state index contributed by atoms with van der Waals surface area (Å²) in [6.07, 6.45) is 3.08. The third-order valence-corrected chi connectivity index (χ3v) is 4.53. The Morgan fingerprint density at radius 1 is 1.16 bits per heavy atom. The number of hydrogen-bond donors (Lipinski definition) is 0. The van der Waals surface area contributed by atoms with Crippen LogP contribution in [0, 0.1) is 0 Å². The highest BCUT2D eigenvalue weighted by molar-refractivity contribution is 5.95. The van der Waals surface area contributed by atoms with E-state index in [1.165, 1.54) is 5.69 Å². The molecule has 0 aliphatic rings. The van der Waals surface area contributed by atoms with E-state index in [2.05, 4.69) is 62.1 Å². The molecule has 1 aromatic carbocycles. The Balaban J connectivity index is 2.51. The van der Waals surface area contributed by atoms with E-state index in [0.717, 1.165) is 36.9 Å². The molecule has 25 heavy (non-hydrogen) atoms. The summed E-state index contributed by atoms with van der Waals surface area (Å²) >= 11 is 0. The van der Waals surface area contributed by atoms with Crippen LogP contribution < -0.4 is 5.49 Å². The lowest BCUT2D eigenvalue weighted by Gasteiger charge is -2.20. The summed E-state index contributed by atoms with van der Waals surface area (Å²) < 4.78 is 4.26. The normalized spacial score (nSPS) is 12.6. The number of aryl methyl sites for hydroxylation is 1. The van der Waals surface area contributed by atoms with Gasteiger partial charge in [0.1, 0.15) is 0 Å². The van der Waals surface area contributed by atoms with Gasteiger partial charge in [-0.15, -0.1) is 0 Å². The molecule has 4 heteroatoms. The topological polar surface area (TPSA) is 39.3 Å². The molecule has 0 N–H and O–H groups in total. The molecule has 0 radical (unpaired) electrons. The van der Waals surface area contributed by atoms with Crippen LogP contribution in [0.4, 0.5) is 0 Å². The molecular formula is C21H31N3O. The molecule has 2 aromatic rings. The molecule has 4 nitrogen and oxygen atoms in total. The largest absolute Gasteiger partial charge is 0.291 e. The van der Waals surface area contributed by atoms with E-state index in [0.29, 0.717) is 5.56 Å². The molecular weight excluding hydrogens is 310 g/mol. The summed E-state index contributed by atoms with van der Waals surface area (Å²) in [7, 11) is 2.05.